The van der Waals surface area contributed by atoms with Gasteiger partial charge in [0.2, 0.25) is 0 Å². The minimum atomic E-state index is -3.62. The Balaban J connectivity index is 2.15. The van der Waals surface area contributed by atoms with Gasteiger partial charge in [0.15, 0.2) is 5.03 Å². The first-order valence-electron chi connectivity index (χ1n) is 6.41. The van der Waals surface area contributed by atoms with E-state index in [0.717, 1.165) is 12.0 Å². The van der Waals surface area contributed by atoms with Crippen LogP contribution in [0, 0.1) is 0 Å². The van der Waals surface area contributed by atoms with Crippen molar-refractivity contribution in [3.63, 3.8) is 0 Å². The van der Waals surface area contributed by atoms with Gasteiger partial charge in [0.1, 0.15) is 5.82 Å². The molecule has 0 unspecified atom stereocenters. The first-order chi connectivity index (χ1) is 9.55. The molecular formula is C13H18N4O2S. The fraction of sp³-hybridized carbons (Fsp3) is 0.308. The largest absolute Gasteiger partial charge is 0.332 e. The number of imidazole rings is 1. The average molecular weight is 294 g/mol. The molecule has 4 N–H and O–H groups in total. The molecule has 0 aliphatic carbocycles. The minimum absolute atomic E-state index is 0.0698. The van der Waals surface area contributed by atoms with E-state index in [9.17, 15) is 8.42 Å². The molecule has 1 aromatic heterocycles. The molecule has 0 radical (unpaired) electrons. The second kappa shape index (κ2) is 6.06. The van der Waals surface area contributed by atoms with Gasteiger partial charge >= 0.3 is 0 Å². The highest BCUT2D eigenvalue weighted by Crippen LogP contribution is 2.15. The standard InChI is InChI=1S/C13H18N4O2S/c1-2-12-15-9-13(16-12)20(18,19)17-11-5-3-10(4-6-11)7-8-14/h3-6,9,17H,2,7-8,14H2,1H3,(H,15,16). The normalized spacial score (nSPS) is 11.5. The summed E-state index contributed by atoms with van der Waals surface area (Å²) in [6, 6.07) is 7.16. The summed E-state index contributed by atoms with van der Waals surface area (Å²) in [5, 5.41) is 0.0698. The van der Waals surface area contributed by atoms with Crippen molar-refractivity contribution >= 4 is 15.7 Å². The van der Waals surface area contributed by atoms with Crippen LogP contribution in [0.5, 0.6) is 0 Å². The molecule has 0 aliphatic heterocycles. The fourth-order valence-electron chi connectivity index (χ4n) is 1.78. The third-order valence-corrected chi connectivity index (χ3v) is 4.16. The number of aryl methyl sites for hydroxylation is 1. The van der Waals surface area contributed by atoms with Crippen LogP contribution in [0.15, 0.2) is 35.5 Å². The van der Waals surface area contributed by atoms with Gasteiger partial charge in [-0.1, -0.05) is 19.1 Å². The number of anilines is 1. The molecule has 1 aromatic carbocycles. The lowest BCUT2D eigenvalue weighted by Gasteiger charge is -2.07. The summed E-state index contributed by atoms with van der Waals surface area (Å²) in [4.78, 5) is 6.77. The van der Waals surface area contributed by atoms with Crippen LogP contribution >= 0.6 is 0 Å². The van der Waals surface area contributed by atoms with Crippen LogP contribution in [0.1, 0.15) is 18.3 Å². The predicted molar refractivity (Wildman–Crippen MR) is 78.0 cm³/mol. The number of hydrogen-bond acceptors (Lipinski definition) is 4. The molecule has 1 heterocycles. The summed E-state index contributed by atoms with van der Waals surface area (Å²) < 4.78 is 26.8. The number of sulfonamides is 1. The smallest absolute Gasteiger partial charge is 0.278 e. The van der Waals surface area contributed by atoms with Gasteiger partial charge < -0.3 is 10.7 Å². The molecule has 2 aromatic rings. The third kappa shape index (κ3) is 3.37. The van der Waals surface area contributed by atoms with Gasteiger partial charge in [0.05, 0.1) is 6.20 Å². The van der Waals surface area contributed by atoms with E-state index in [1.807, 2.05) is 19.1 Å². The molecule has 0 aliphatic rings. The molecule has 0 amide bonds. The van der Waals surface area contributed by atoms with Crippen molar-refractivity contribution in [2.45, 2.75) is 24.8 Å². The quantitative estimate of drug-likeness (QED) is 0.747. The summed E-state index contributed by atoms with van der Waals surface area (Å²) in [6.07, 6.45) is 2.75. The molecule has 0 atom stereocenters. The predicted octanol–water partition coefficient (Wildman–Crippen LogP) is 1.27. The van der Waals surface area contributed by atoms with E-state index in [-0.39, 0.29) is 5.03 Å². The maximum Gasteiger partial charge on any atom is 0.278 e. The fourth-order valence-corrected chi connectivity index (χ4v) is 2.78. The Morgan fingerprint density at radius 3 is 2.55 bits per heavy atom. The maximum atomic E-state index is 12.1. The number of rotatable bonds is 6. The van der Waals surface area contributed by atoms with Gasteiger partial charge in [0.25, 0.3) is 10.0 Å². The monoisotopic (exact) mass is 294 g/mol. The highest BCUT2D eigenvalue weighted by Gasteiger charge is 2.16. The van der Waals surface area contributed by atoms with Crippen molar-refractivity contribution < 1.29 is 8.42 Å². The van der Waals surface area contributed by atoms with Gasteiger partial charge in [-0.05, 0) is 30.7 Å². The van der Waals surface area contributed by atoms with Gasteiger partial charge in [-0.25, -0.2) is 4.98 Å². The maximum absolute atomic E-state index is 12.1. The Bertz CT molecular complexity index is 662. The lowest BCUT2D eigenvalue weighted by atomic mass is 10.1. The second-order valence-corrected chi connectivity index (χ2v) is 6.04. The highest BCUT2D eigenvalue weighted by atomic mass is 32.2. The summed E-state index contributed by atoms with van der Waals surface area (Å²) in [7, 11) is -3.62. The van der Waals surface area contributed by atoms with E-state index in [0.29, 0.717) is 24.5 Å². The molecule has 0 spiro atoms. The first-order valence-corrected chi connectivity index (χ1v) is 7.89. The third-order valence-electron chi connectivity index (χ3n) is 2.87. The number of nitrogens with zero attached hydrogens (tertiary/aromatic N) is 1. The number of hydrogen-bond donors (Lipinski definition) is 3. The van der Waals surface area contributed by atoms with Crippen LogP contribution in [0.3, 0.4) is 0 Å². The summed E-state index contributed by atoms with van der Waals surface area (Å²) in [5.41, 5.74) is 7.06. The topological polar surface area (TPSA) is 101 Å². The van der Waals surface area contributed by atoms with Crippen LogP contribution in [0.25, 0.3) is 0 Å². The number of nitrogens with one attached hydrogen (secondary N) is 2. The Morgan fingerprint density at radius 2 is 2.00 bits per heavy atom. The molecule has 0 saturated carbocycles. The van der Waals surface area contributed by atoms with Crippen molar-refractivity contribution in [3.05, 3.63) is 41.9 Å². The molecule has 20 heavy (non-hydrogen) atoms. The van der Waals surface area contributed by atoms with Crippen molar-refractivity contribution in [2.75, 3.05) is 11.3 Å². The molecule has 7 heteroatoms. The zero-order valence-electron chi connectivity index (χ0n) is 11.3. The van der Waals surface area contributed by atoms with Crippen LogP contribution in [0.2, 0.25) is 0 Å². The average Bonchev–Trinajstić information content (AvgIpc) is 2.91. The Morgan fingerprint density at radius 1 is 1.30 bits per heavy atom. The van der Waals surface area contributed by atoms with E-state index in [2.05, 4.69) is 14.7 Å². The van der Waals surface area contributed by atoms with Crippen molar-refractivity contribution in [2.24, 2.45) is 5.73 Å². The molecule has 6 nitrogen and oxygen atoms in total. The van der Waals surface area contributed by atoms with Gasteiger partial charge in [-0.2, -0.15) is 8.42 Å². The first kappa shape index (κ1) is 14.5. The highest BCUT2D eigenvalue weighted by molar-refractivity contribution is 7.92. The zero-order chi connectivity index (χ0) is 14.6. The van der Waals surface area contributed by atoms with Crippen LogP contribution in [-0.4, -0.2) is 24.9 Å². The summed E-state index contributed by atoms with van der Waals surface area (Å²) in [5.74, 6) is 0.642. The number of aromatic nitrogens is 2. The lowest BCUT2D eigenvalue weighted by Crippen LogP contribution is -2.13. The molecule has 0 saturated heterocycles. The molecule has 0 bridgehead atoms. The van der Waals surface area contributed by atoms with Gasteiger partial charge in [-0.15, -0.1) is 0 Å². The van der Waals surface area contributed by atoms with E-state index in [4.69, 9.17) is 5.73 Å². The summed E-state index contributed by atoms with van der Waals surface area (Å²) in [6.45, 7) is 2.47. The van der Waals surface area contributed by atoms with E-state index in [1.165, 1.54) is 6.20 Å². The van der Waals surface area contributed by atoms with E-state index >= 15 is 0 Å². The number of nitrogens with two attached hydrogens (primary N) is 1. The van der Waals surface area contributed by atoms with Gasteiger partial charge in [0, 0.05) is 12.1 Å². The minimum Gasteiger partial charge on any atom is -0.332 e. The number of benzene rings is 1. The van der Waals surface area contributed by atoms with Crippen LogP contribution in [-0.2, 0) is 22.9 Å². The van der Waals surface area contributed by atoms with E-state index in [1.54, 1.807) is 12.1 Å². The Hall–Kier alpha value is -1.86. The van der Waals surface area contributed by atoms with Crippen LogP contribution in [0.4, 0.5) is 5.69 Å². The van der Waals surface area contributed by atoms with Crippen LogP contribution < -0.4 is 10.5 Å². The molecular weight excluding hydrogens is 276 g/mol. The Kier molecular flexibility index (Phi) is 4.41. The zero-order valence-corrected chi connectivity index (χ0v) is 12.1. The molecule has 2 rings (SSSR count). The van der Waals surface area contributed by atoms with Crippen molar-refractivity contribution in [1.29, 1.82) is 0 Å². The van der Waals surface area contributed by atoms with Crippen molar-refractivity contribution in [3.8, 4) is 0 Å². The lowest BCUT2D eigenvalue weighted by molar-refractivity contribution is 0.598. The van der Waals surface area contributed by atoms with Gasteiger partial charge in [-0.3, -0.25) is 4.72 Å². The summed E-state index contributed by atoms with van der Waals surface area (Å²) >= 11 is 0. The molecule has 108 valence electrons. The second-order valence-electron chi connectivity index (χ2n) is 4.39. The number of aromatic amines is 1. The SMILES string of the molecule is CCc1ncc(S(=O)(=O)Nc2ccc(CCN)cc2)[nH]1. The van der Waals surface area contributed by atoms with E-state index < -0.39 is 10.0 Å². The Labute approximate surface area is 118 Å². The number of H-pyrrole nitrogens is 1. The molecule has 0 fully saturated rings. The van der Waals surface area contributed by atoms with Crippen molar-refractivity contribution in [1.82, 2.24) is 9.97 Å².